The van der Waals surface area contributed by atoms with Crippen molar-refractivity contribution in [3.8, 4) is 0 Å². The van der Waals surface area contributed by atoms with Crippen LogP contribution in [0.4, 0.5) is 4.79 Å². The molecule has 1 aromatic carbocycles. The van der Waals surface area contributed by atoms with Gasteiger partial charge in [-0.2, -0.15) is 0 Å². The molecule has 0 unspecified atom stereocenters. The van der Waals surface area contributed by atoms with Crippen molar-refractivity contribution in [2.75, 3.05) is 13.7 Å². The van der Waals surface area contributed by atoms with E-state index in [1.165, 1.54) is 18.4 Å². The van der Waals surface area contributed by atoms with Gasteiger partial charge in [0.05, 0.1) is 12.0 Å². The molecule has 0 saturated carbocycles. The van der Waals surface area contributed by atoms with Crippen LogP contribution in [0.25, 0.3) is 10.1 Å². The lowest BCUT2D eigenvalue weighted by molar-refractivity contribution is 0.112. The molecule has 0 atom stereocenters. The second-order valence-corrected chi connectivity index (χ2v) is 4.81. The van der Waals surface area contributed by atoms with E-state index in [1.807, 2.05) is 24.3 Å². The maximum Gasteiger partial charge on any atom is 0.406 e. The number of alkyl carbamates (subject to hydrolysis) is 1. The molecule has 1 N–H and O–H groups in total. The molecular formula is C13H13NO3S. The van der Waals surface area contributed by atoms with Gasteiger partial charge in [0, 0.05) is 11.2 Å². The zero-order valence-corrected chi connectivity index (χ0v) is 10.8. The van der Waals surface area contributed by atoms with Gasteiger partial charge in [0.15, 0.2) is 6.29 Å². The fourth-order valence-electron chi connectivity index (χ4n) is 1.83. The summed E-state index contributed by atoms with van der Waals surface area (Å²) >= 11 is 1.48. The highest BCUT2D eigenvalue weighted by Crippen LogP contribution is 2.30. The molecule has 0 saturated heterocycles. The normalized spacial score (nSPS) is 10.3. The van der Waals surface area contributed by atoms with Crippen LogP contribution in [-0.4, -0.2) is 26.0 Å². The number of benzene rings is 1. The predicted molar refractivity (Wildman–Crippen MR) is 71.3 cm³/mol. The van der Waals surface area contributed by atoms with Crippen molar-refractivity contribution in [3.05, 3.63) is 34.7 Å². The third kappa shape index (κ3) is 2.51. The predicted octanol–water partition coefficient (Wildman–Crippen LogP) is 2.61. The lowest BCUT2D eigenvalue weighted by atomic mass is 10.1. The van der Waals surface area contributed by atoms with E-state index in [9.17, 15) is 9.59 Å². The molecule has 94 valence electrons. The number of ether oxygens (including phenoxy) is 1. The quantitative estimate of drug-likeness (QED) is 0.863. The van der Waals surface area contributed by atoms with Crippen molar-refractivity contribution < 1.29 is 14.3 Å². The van der Waals surface area contributed by atoms with Crippen molar-refractivity contribution in [1.82, 2.24) is 5.32 Å². The molecule has 0 aliphatic carbocycles. The number of carbonyl (C=O) groups excluding carboxylic acids is 2. The molecule has 0 fully saturated rings. The Labute approximate surface area is 109 Å². The largest absolute Gasteiger partial charge is 0.453 e. The highest BCUT2D eigenvalue weighted by Gasteiger charge is 2.11. The molecule has 0 aliphatic rings. The number of methoxy groups -OCH3 is 1. The summed E-state index contributed by atoms with van der Waals surface area (Å²) < 4.78 is 5.59. The molecule has 5 heteroatoms. The van der Waals surface area contributed by atoms with E-state index >= 15 is 0 Å². The first-order valence-corrected chi connectivity index (χ1v) is 6.35. The Bertz CT molecular complexity index is 577. The van der Waals surface area contributed by atoms with Crippen molar-refractivity contribution in [2.24, 2.45) is 0 Å². The number of carbonyl (C=O) groups is 2. The van der Waals surface area contributed by atoms with E-state index in [1.54, 1.807) is 0 Å². The minimum absolute atomic E-state index is 0.453. The second kappa shape index (κ2) is 5.64. The van der Waals surface area contributed by atoms with Crippen LogP contribution in [0.2, 0.25) is 0 Å². The Kier molecular flexibility index (Phi) is 3.94. The Morgan fingerprint density at radius 2 is 2.22 bits per heavy atom. The van der Waals surface area contributed by atoms with Gasteiger partial charge >= 0.3 is 6.09 Å². The zero-order valence-electron chi connectivity index (χ0n) is 9.93. The van der Waals surface area contributed by atoms with Crippen LogP contribution in [0, 0.1) is 0 Å². The Hall–Kier alpha value is -1.88. The fourth-order valence-corrected chi connectivity index (χ4v) is 2.90. The minimum atomic E-state index is -0.456. The smallest absolute Gasteiger partial charge is 0.406 e. The van der Waals surface area contributed by atoms with Crippen LogP contribution in [0.5, 0.6) is 0 Å². The highest BCUT2D eigenvalue weighted by molar-refractivity contribution is 7.20. The number of nitrogens with one attached hydrogen (secondary N) is 1. The van der Waals surface area contributed by atoms with Gasteiger partial charge in [-0.25, -0.2) is 4.79 Å². The average Bonchev–Trinajstić information content (AvgIpc) is 2.77. The van der Waals surface area contributed by atoms with Crippen molar-refractivity contribution in [1.29, 1.82) is 0 Å². The molecule has 18 heavy (non-hydrogen) atoms. The first kappa shape index (κ1) is 12.6. The lowest BCUT2D eigenvalue weighted by Gasteiger charge is -2.03. The molecule has 0 spiro atoms. The van der Waals surface area contributed by atoms with Gasteiger partial charge in [0.1, 0.15) is 0 Å². The standard InChI is InChI=1S/C13H13NO3S/c1-17-13(16)14-7-6-10-9-4-2-3-5-11(9)18-12(10)8-15/h2-5,8H,6-7H2,1H3,(H,14,16). The summed E-state index contributed by atoms with van der Waals surface area (Å²) in [5.41, 5.74) is 0.988. The monoisotopic (exact) mass is 263 g/mol. The van der Waals surface area contributed by atoms with Crippen LogP contribution >= 0.6 is 11.3 Å². The van der Waals surface area contributed by atoms with E-state index in [0.29, 0.717) is 13.0 Å². The summed E-state index contributed by atoms with van der Waals surface area (Å²) in [4.78, 5) is 22.7. The molecule has 0 aliphatic heterocycles. The Morgan fingerprint density at radius 3 is 2.94 bits per heavy atom. The lowest BCUT2D eigenvalue weighted by Crippen LogP contribution is -2.25. The highest BCUT2D eigenvalue weighted by atomic mass is 32.1. The van der Waals surface area contributed by atoms with E-state index in [2.05, 4.69) is 10.1 Å². The first-order valence-electron chi connectivity index (χ1n) is 5.53. The topological polar surface area (TPSA) is 55.4 Å². The summed E-state index contributed by atoms with van der Waals surface area (Å²) in [6.07, 6.45) is 1.04. The number of fused-ring (bicyclic) bond motifs is 1. The third-order valence-corrected chi connectivity index (χ3v) is 3.80. The molecular weight excluding hydrogens is 250 g/mol. The molecule has 0 bridgehead atoms. The molecule has 2 rings (SSSR count). The summed E-state index contributed by atoms with van der Waals surface area (Å²) in [6, 6.07) is 7.88. The number of hydrogen-bond donors (Lipinski definition) is 1. The maximum absolute atomic E-state index is 11.0. The van der Waals surface area contributed by atoms with Gasteiger partial charge in [-0.1, -0.05) is 18.2 Å². The van der Waals surface area contributed by atoms with Crippen LogP contribution < -0.4 is 5.32 Å². The summed E-state index contributed by atoms with van der Waals surface area (Å²) in [7, 11) is 1.33. The molecule has 0 radical (unpaired) electrons. The SMILES string of the molecule is COC(=O)NCCc1c(C=O)sc2ccccc12. The van der Waals surface area contributed by atoms with Crippen LogP contribution in [0.3, 0.4) is 0 Å². The van der Waals surface area contributed by atoms with E-state index in [-0.39, 0.29) is 0 Å². The van der Waals surface area contributed by atoms with Crippen LogP contribution in [0.1, 0.15) is 15.2 Å². The first-order chi connectivity index (χ1) is 8.76. The van der Waals surface area contributed by atoms with Crippen LogP contribution in [-0.2, 0) is 11.2 Å². The van der Waals surface area contributed by atoms with Gasteiger partial charge < -0.3 is 10.1 Å². The summed E-state index contributed by atoms with van der Waals surface area (Å²) in [5.74, 6) is 0. The van der Waals surface area contributed by atoms with E-state index in [0.717, 1.165) is 26.8 Å². The third-order valence-electron chi connectivity index (χ3n) is 2.67. The van der Waals surface area contributed by atoms with Gasteiger partial charge in [-0.05, 0) is 23.4 Å². The molecule has 1 heterocycles. The molecule has 4 nitrogen and oxygen atoms in total. The average molecular weight is 263 g/mol. The fraction of sp³-hybridized carbons (Fsp3) is 0.231. The van der Waals surface area contributed by atoms with Crippen molar-refractivity contribution in [2.45, 2.75) is 6.42 Å². The van der Waals surface area contributed by atoms with Gasteiger partial charge in [-0.15, -0.1) is 11.3 Å². The zero-order chi connectivity index (χ0) is 13.0. The van der Waals surface area contributed by atoms with Crippen molar-refractivity contribution >= 4 is 33.8 Å². The van der Waals surface area contributed by atoms with Gasteiger partial charge in [-0.3, -0.25) is 4.79 Å². The summed E-state index contributed by atoms with van der Waals surface area (Å²) in [6.45, 7) is 0.453. The Morgan fingerprint density at radius 1 is 1.44 bits per heavy atom. The van der Waals surface area contributed by atoms with Crippen LogP contribution in [0.15, 0.2) is 24.3 Å². The van der Waals surface area contributed by atoms with E-state index < -0.39 is 6.09 Å². The maximum atomic E-state index is 11.0. The molecule has 1 aromatic heterocycles. The van der Waals surface area contributed by atoms with Gasteiger partial charge in [0.25, 0.3) is 0 Å². The molecule has 1 amide bonds. The number of thiophene rings is 1. The molecule has 2 aromatic rings. The number of rotatable bonds is 4. The second-order valence-electron chi connectivity index (χ2n) is 3.73. The van der Waals surface area contributed by atoms with E-state index in [4.69, 9.17) is 0 Å². The van der Waals surface area contributed by atoms with Crippen molar-refractivity contribution in [3.63, 3.8) is 0 Å². The summed E-state index contributed by atoms with van der Waals surface area (Å²) in [5, 5.41) is 3.69. The number of amides is 1. The Balaban J connectivity index is 2.20. The van der Waals surface area contributed by atoms with Gasteiger partial charge in [0.2, 0.25) is 0 Å². The minimum Gasteiger partial charge on any atom is -0.453 e. The number of aldehydes is 1. The number of hydrogen-bond acceptors (Lipinski definition) is 4.